The molecule has 10 rings (SSSR count). The summed E-state index contributed by atoms with van der Waals surface area (Å²) in [5, 5.41) is 9.64. The first-order valence-corrected chi connectivity index (χ1v) is 23.9. The fraction of sp³-hybridized carbons (Fsp3) is 0.345. The molecular weight excluding hydrogens is 889 g/mol. The van der Waals surface area contributed by atoms with Crippen molar-refractivity contribution >= 4 is 35.5 Å². The lowest BCUT2D eigenvalue weighted by atomic mass is 9.64. The van der Waals surface area contributed by atoms with Gasteiger partial charge in [-0.15, -0.1) is 0 Å². The number of morpholine rings is 1. The van der Waals surface area contributed by atoms with Crippen LogP contribution in [0, 0.1) is 17.8 Å². The zero-order chi connectivity index (χ0) is 48.2. The summed E-state index contributed by atoms with van der Waals surface area (Å²) in [6.45, 7) is 0.998. The van der Waals surface area contributed by atoms with Gasteiger partial charge in [0.2, 0.25) is 17.8 Å². The number of anilines is 2. The molecule has 0 radical (unpaired) electrons. The van der Waals surface area contributed by atoms with Crippen molar-refractivity contribution in [1.82, 2.24) is 19.8 Å². The van der Waals surface area contributed by atoms with E-state index < -0.39 is 59.4 Å². The van der Waals surface area contributed by atoms with Gasteiger partial charge in [-0.3, -0.25) is 19.3 Å². The number of aliphatic hydroxyl groups excluding tert-OH is 1. The molecule has 3 saturated heterocycles. The molecule has 5 heterocycles. The van der Waals surface area contributed by atoms with E-state index in [0.717, 1.165) is 41.7 Å². The summed E-state index contributed by atoms with van der Waals surface area (Å²) in [4.78, 5) is 78.7. The number of fused-ring (bicyclic) bond motifs is 3. The summed E-state index contributed by atoms with van der Waals surface area (Å²) in [6, 6.07) is 30.1. The van der Waals surface area contributed by atoms with Gasteiger partial charge < -0.3 is 33.9 Å². The van der Waals surface area contributed by atoms with Crippen LogP contribution in [-0.2, 0) is 34.0 Å². The van der Waals surface area contributed by atoms with Gasteiger partial charge in [-0.25, -0.2) is 19.7 Å². The highest BCUT2D eigenvalue weighted by Crippen LogP contribution is 2.66. The molecule has 0 bridgehead atoms. The van der Waals surface area contributed by atoms with Crippen molar-refractivity contribution < 1.29 is 43.2 Å². The molecule has 5 aromatic rings. The van der Waals surface area contributed by atoms with Crippen LogP contribution in [0.1, 0.15) is 71.7 Å². The monoisotopic (exact) mass is 942 g/mol. The third kappa shape index (κ3) is 8.46. The Labute approximate surface area is 406 Å². The number of allylic oxidation sites excluding steroid dienone is 2. The summed E-state index contributed by atoms with van der Waals surface area (Å²) in [5.41, 5.74) is 2.25. The Morgan fingerprint density at radius 2 is 1.53 bits per heavy atom. The van der Waals surface area contributed by atoms with Gasteiger partial charge in [0.05, 0.1) is 36.9 Å². The van der Waals surface area contributed by atoms with Gasteiger partial charge in [-0.1, -0.05) is 90.7 Å². The molecule has 15 nitrogen and oxygen atoms in total. The minimum absolute atomic E-state index is 0.0501. The minimum atomic E-state index is -1.98. The lowest BCUT2D eigenvalue weighted by molar-refractivity contribution is -0.179. The van der Waals surface area contributed by atoms with Gasteiger partial charge >= 0.3 is 12.1 Å². The maximum absolute atomic E-state index is 16.6. The number of aliphatic hydroxyl groups is 1. The van der Waals surface area contributed by atoms with E-state index in [0.29, 0.717) is 47.0 Å². The number of imide groups is 1. The summed E-state index contributed by atoms with van der Waals surface area (Å²) in [6.07, 6.45) is 7.57. The number of benzene rings is 4. The molecule has 4 aliphatic heterocycles. The topological polar surface area (TPSA) is 164 Å². The normalized spacial score (nSPS) is 24.0. The summed E-state index contributed by atoms with van der Waals surface area (Å²) in [7, 11) is 1.48. The van der Waals surface area contributed by atoms with Gasteiger partial charge in [0.1, 0.15) is 36.5 Å². The second-order valence-corrected chi connectivity index (χ2v) is 18.0. The fourth-order valence-electron chi connectivity index (χ4n) is 11.0. The van der Waals surface area contributed by atoms with Crippen molar-refractivity contribution in [1.29, 1.82) is 0 Å². The Morgan fingerprint density at radius 3 is 2.21 bits per heavy atom. The first-order valence-electron chi connectivity index (χ1n) is 23.9. The molecule has 5 aliphatic rings. The number of rotatable bonds is 11. The molecule has 70 heavy (non-hydrogen) atoms. The Bertz CT molecular complexity index is 2810. The molecule has 1 aromatic heterocycles. The number of nitrogens with zero attached hydrogens (tertiary/aromatic N) is 6. The van der Waals surface area contributed by atoms with Crippen LogP contribution >= 0.6 is 0 Å². The van der Waals surface area contributed by atoms with E-state index in [9.17, 15) is 9.90 Å². The van der Waals surface area contributed by atoms with Crippen molar-refractivity contribution in [2.75, 3.05) is 69.5 Å². The zero-order valence-electron chi connectivity index (χ0n) is 38.9. The average molecular weight is 943 g/mol. The largest absolute Gasteiger partial charge is 0.491 e. The van der Waals surface area contributed by atoms with E-state index in [1.165, 1.54) is 7.11 Å². The average Bonchev–Trinajstić information content (AvgIpc) is 3.87. The van der Waals surface area contributed by atoms with Crippen LogP contribution in [-0.4, -0.2) is 115 Å². The van der Waals surface area contributed by atoms with Crippen molar-refractivity contribution in [2.24, 2.45) is 5.92 Å². The molecule has 1 N–H and O–H groups in total. The van der Waals surface area contributed by atoms with E-state index in [1.807, 2.05) is 88.7 Å². The van der Waals surface area contributed by atoms with Crippen LogP contribution in [0.5, 0.6) is 5.75 Å². The molecule has 0 unspecified atom stereocenters. The number of amides is 3. The number of carbonyl (C=O) groups is 4. The van der Waals surface area contributed by atoms with E-state index in [2.05, 4.69) is 27.9 Å². The van der Waals surface area contributed by atoms with E-state index in [4.69, 9.17) is 18.9 Å². The van der Waals surface area contributed by atoms with E-state index >= 15 is 14.4 Å². The highest BCUT2D eigenvalue weighted by molar-refractivity contribution is 6.23. The Kier molecular flexibility index (Phi) is 13.4. The molecule has 3 amide bonds. The third-order valence-electron chi connectivity index (χ3n) is 14.1. The Balaban J connectivity index is 1.23. The number of piperazine rings is 1. The number of hydrogen-bond donors (Lipinski definition) is 1. The van der Waals surface area contributed by atoms with Crippen LogP contribution in [0.4, 0.5) is 16.4 Å². The Morgan fingerprint density at radius 1 is 0.800 bits per heavy atom. The molecule has 0 saturated carbocycles. The van der Waals surface area contributed by atoms with Crippen LogP contribution in [0.2, 0.25) is 0 Å². The van der Waals surface area contributed by atoms with Crippen LogP contribution < -0.4 is 14.5 Å². The molecule has 6 atom stereocenters. The van der Waals surface area contributed by atoms with Crippen molar-refractivity contribution in [3.63, 3.8) is 0 Å². The smallest absolute Gasteiger partial charge is 0.421 e. The SMILES string of the molecule is COCCOC(=O)N1C(=O)[C@@]2(c3cc(C#CC4=CCCCC4)ccc31)[C@H](C(=O)N1CCN(c3ncccn3)CC1)[C@H]1C(=O)O[C@H](c3ccccc3)[C@H](c3ccccc3)N1[C@@H]2c1ccc(OCCO)cc1. The molecule has 4 aromatic carbocycles. The van der Waals surface area contributed by atoms with Gasteiger partial charge in [0.25, 0.3) is 0 Å². The molecular formula is C55H54N6O9. The fourth-order valence-corrected chi connectivity index (χ4v) is 11.0. The number of aromatic nitrogens is 2. The lowest BCUT2D eigenvalue weighted by Gasteiger charge is -2.46. The highest BCUT2D eigenvalue weighted by Gasteiger charge is 2.76. The maximum Gasteiger partial charge on any atom is 0.421 e. The van der Waals surface area contributed by atoms with Gasteiger partial charge in [0, 0.05) is 51.2 Å². The predicted octanol–water partition coefficient (Wildman–Crippen LogP) is 6.50. The van der Waals surface area contributed by atoms with Crippen LogP contribution in [0.25, 0.3) is 0 Å². The number of methoxy groups -OCH3 is 1. The number of hydrogen-bond acceptors (Lipinski definition) is 13. The first-order chi connectivity index (χ1) is 34.3. The number of ether oxygens (including phenoxy) is 4. The van der Waals surface area contributed by atoms with Crippen LogP contribution in [0.3, 0.4) is 0 Å². The molecule has 15 heteroatoms. The van der Waals surface area contributed by atoms with E-state index in [-0.39, 0.29) is 45.2 Å². The lowest BCUT2D eigenvalue weighted by Crippen LogP contribution is -2.59. The van der Waals surface area contributed by atoms with Crippen molar-refractivity contribution in [3.05, 3.63) is 161 Å². The van der Waals surface area contributed by atoms with Crippen LogP contribution in [0.15, 0.2) is 133 Å². The number of esters is 1. The standard InChI is InChI=1S/C55H54N6O9/c1-67-34-35-69-54(66)60-44-25-20-38(19-18-37-12-5-2-6-13-37)36-43(44)55(52(60)65)45(50(63)58-28-30-59(31-29-58)53-56-26-11-27-57-53)47-51(64)70-48(40-16-9-4-10-17-40)46(39-14-7-3-8-15-39)61(47)49(55)41-21-23-42(24-22-41)68-33-32-62/h3-4,7-12,14-17,20-27,36,45-49,62H,2,5-6,13,28-35H2,1H3/t45-,46-,47-,48+,49+,55-/m0/s1. The highest BCUT2D eigenvalue weighted by atomic mass is 16.6. The van der Waals surface area contributed by atoms with Crippen molar-refractivity contribution in [3.8, 4) is 17.6 Å². The quantitative estimate of drug-likeness (QED) is 0.0869. The Hall–Kier alpha value is -7.38. The summed E-state index contributed by atoms with van der Waals surface area (Å²) >= 11 is 0. The van der Waals surface area contributed by atoms with Gasteiger partial charge in [-0.05, 0) is 89.9 Å². The molecule has 1 aliphatic carbocycles. The maximum atomic E-state index is 16.6. The van der Waals surface area contributed by atoms with Gasteiger partial charge in [-0.2, -0.15) is 0 Å². The zero-order valence-corrected chi connectivity index (χ0v) is 38.9. The molecule has 358 valence electrons. The van der Waals surface area contributed by atoms with E-state index in [1.54, 1.807) is 47.6 Å². The number of carbonyl (C=O) groups excluding carboxylic acids is 4. The second kappa shape index (κ2) is 20.3. The molecule has 3 fully saturated rings. The summed E-state index contributed by atoms with van der Waals surface area (Å²) in [5.74, 6) is 4.40. The van der Waals surface area contributed by atoms with Crippen molar-refractivity contribution in [2.45, 2.75) is 55.3 Å². The first kappa shape index (κ1) is 46.4. The minimum Gasteiger partial charge on any atom is -0.491 e. The second-order valence-electron chi connectivity index (χ2n) is 18.0. The summed E-state index contributed by atoms with van der Waals surface area (Å²) < 4.78 is 23.5. The number of cyclic esters (lactones) is 1. The van der Waals surface area contributed by atoms with Gasteiger partial charge in [0.15, 0.2) is 0 Å². The molecule has 1 spiro atoms. The third-order valence-corrected chi connectivity index (χ3v) is 14.1. The predicted molar refractivity (Wildman–Crippen MR) is 258 cm³/mol.